The Morgan fingerprint density at radius 2 is 1.78 bits per heavy atom. The zero-order valence-electron chi connectivity index (χ0n) is 11.2. The predicted molar refractivity (Wildman–Crippen MR) is 74.2 cm³/mol. The molecule has 0 aromatic heterocycles. The Morgan fingerprint density at radius 3 is 2.28 bits per heavy atom. The van der Waals surface area contributed by atoms with Crippen molar-refractivity contribution in [3.8, 4) is 5.75 Å². The molecule has 0 atom stereocenters. The number of halogens is 1. The third-order valence-corrected chi connectivity index (χ3v) is 5.31. The second-order valence-electron chi connectivity index (χ2n) is 4.52. The molecule has 1 aromatic carbocycles. The minimum absolute atomic E-state index is 0.356. The van der Waals surface area contributed by atoms with Crippen LogP contribution in [-0.2, 0) is 4.57 Å². The van der Waals surface area contributed by atoms with Gasteiger partial charge in [-0.25, -0.2) is 4.39 Å². The van der Waals surface area contributed by atoms with Crippen LogP contribution in [-0.4, -0.2) is 12.3 Å². The number of unbranched alkanes of at least 4 members (excludes halogenated alkanes) is 2. The second kappa shape index (κ2) is 7.58. The molecule has 1 aromatic rings. The third-order valence-electron chi connectivity index (χ3n) is 2.77. The Hall–Kier alpha value is -0.820. The van der Waals surface area contributed by atoms with Crippen LogP contribution in [0.5, 0.6) is 5.75 Å². The first-order valence-electron chi connectivity index (χ1n) is 6.63. The number of rotatable bonds is 8. The summed E-state index contributed by atoms with van der Waals surface area (Å²) >= 11 is 0. The van der Waals surface area contributed by atoms with E-state index in [0.717, 1.165) is 25.7 Å². The van der Waals surface area contributed by atoms with Gasteiger partial charge in [-0.15, -0.1) is 0 Å². The lowest BCUT2D eigenvalue weighted by molar-refractivity contribution is 0.474. The average molecular weight is 272 g/mol. The van der Waals surface area contributed by atoms with Gasteiger partial charge in [-0.2, -0.15) is 0 Å². The van der Waals surface area contributed by atoms with Gasteiger partial charge in [-0.1, -0.05) is 32.8 Å². The van der Waals surface area contributed by atoms with Crippen LogP contribution in [0, 0.1) is 5.82 Å². The molecule has 0 heterocycles. The first kappa shape index (κ1) is 15.2. The van der Waals surface area contributed by atoms with Crippen LogP contribution < -0.4 is 4.52 Å². The van der Waals surface area contributed by atoms with Crippen molar-refractivity contribution in [2.24, 2.45) is 0 Å². The van der Waals surface area contributed by atoms with Gasteiger partial charge in [0.1, 0.15) is 11.6 Å². The first-order valence-corrected chi connectivity index (χ1v) is 8.62. The van der Waals surface area contributed by atoms with Gasteiger partial charge in [0.2, 0.25) is 7.37 Å². The summed E-state index contributed by atoms with van der Waals surface area (Å²) in [5.41, 5.74) is 0. The molecule has 0 N–H and O–H groups in total. The van der Waals surface area contributed by atoms with E-state index in [2.05, 4.69) is 13.8 Å². The van der Waals surface area contributed by atoms with Crippen molar-refractivity contribution in [1.29, 1.82) is 0 Å². The fourth-order valence-corrected chi connectivity index (χ4v) is 4.22. The Bertz CT molecular complexity index is 395. The Morgan fingerprint density at radius 1 is 1.17 bits per heavy atom. The zero-order chi connectivity index (χ0) is 13.4. The van der Waals surface area contributed by atoms with Gasteiger partial charge in [0, 0.05) is 18.4 Å². The van der Waals surface area contributed by atoms with Crippen LogP contribution in [0.1, 0.15) is 39.5 Å². The quantitative estimate of drug-likeness (QED) is 0.617. The fourth-order valence-electron chi connectivity index (χ4n) is 1.72. The van der Waals surface area contributed by atoms with Crippen LogP contribution in [0.2, 0.25) is 0 Å². The van der Waals surface area contributed by atoms with Crippen LogP contribution in [0.4, 0.5) is 4.39 Å². The molecule has 0 bridgehead atoms. The fraction of sp³-hybridized carbons (Fsp3) is 0.571. The minimum Gasteiger partial charge on any atom is -0.443 e. The lowest BCUT2D eigenvalue weighted by Gasteiger charge is -2.19. The largest absolute Gasteiger partial charge is 0.443 e. The molecule has 0 fully saturated rings. The molecule has 102 valence electrons. The van der Waals surface area contributed by atoms with Gasteiger partial charge >= 0.3 is 0 Å². The van der Waals surface area contributed by atoms with Crippen molar-refractivity contribution < 1.29 is 13.5 Å². The predicted octanol–water partition coefficient (Wildman–Crippen LogP) is 5.08. The van der Waals surface area contributed by atoms with Crippen molar-refractivity contribution in [2.75, 3.05) is 12.3 Å². The van der Waals surface area contributed by atoms with E-state index in [-0.39, 0.29) is 5.82 Å². The van der Waals surface area contributed by atoms with Gasteiger partial charge in [-0.3, -0.25) is 4.57 Å². The monoisotopic (exact) mass is 272 g/mol. The molecule has 0 unspecified atom stereocenters. The molecule has 0 aliphatic carbocycles. The summed E-state index contributed by atoms with van der Waals surface area (Å²) in [6.45, 7) is 4.12. The van der Waals surface area contributed by atoms with Crippen LogP contribution in [0.3, 0.4) is 0 Å². The highest BCUT2D eigenvalue weighted by Gasteiger charge is 2.23. The summed E-state index contributed by atoms with van der Waals surface area (Å²) in [5.74, 6) is 0.0237. The standard InChI is InChI=1S/C14H22FO2P/c1-3-5-10-18(16,11-6-4-2)17-14-9-7-8-13(15)12-14/h7-9,12H,3-6,10-11H2,1-2H3. The van der Waals surface area contributed by atoms with Gasteiger partial charge in [0.05, 0.1) is 0 Å². The van der Waals surface area contributed by atoms with E-state index in [0.29, 0.717) is 18.1 Å². The lowest BCUT2D eigenvalue weighted by atomic mass is 10.3. The summed E-state index contributed by atoms with van der Waals surface area (Å²) in [6, 6.07) is 5.89. The van der Waals surface area contributed by atoms with Crippen molar-refractivity contribution in [2.45, 2.75) is 39.5 Å². The summed E-state index contributed by atoms with van der Waals surface area (Å²) in [5, 5.41) is 0. The van der Waals surface area contributed by atoms with Gasteiger partial charge in [0.25, 0.3) is 0 Å². The zero-order valence-corrected chi connectivity index (χ0v) is 12.1. The van der Waals surface area contributed by atoms with E-state index in [1.165, 1.54) is 12.1 Å². The molecule has 0 saturated heterocycles. The van der Waals surface area contributed by atoms with Gasteiger partial charge in [0.15, 0.2) is 0 Å². The maximum absolute atomic E-state index is 13.1. The molecule has 0 spiro atoms. The molecule has 2 nitrogen and oxygen atoms in total. The smallest absolute Gasteiger partial charge is 0.247 e. The second-order valence-corrected chi connectivity index (χ2v) is 7.22. The van der Waals surface area contributed by atoms with Crippen molar-refractivity contribution in [1.82, 2.24) is 0 Å². The van der Waals surface area contributed by atoms with E-state index in [4.69, 9.17) is 4.52 Å². The molecular weight excluding hydrogens is 250 g/mol. The molecule has 0 amide bonds. The number of benzene rings is 1. The van der Waals surface area contributed by atoms with E-state index in [1.807, 2.05) is 0 Å². The highest BCUT2D eigenvalue weighted by atomic mass is 31.2. The molecule has 0 aliphatic rings. The molecule has 1 rings (SSSR count). The molecule has 4 heteroatoms. The third kappa shape index (κ3) is 5.22. The molecule has 0 saturated carbocycles. The SMILES string of the molecule is CCCCP(=O)(CCCC)Oc1cccc(F)c1. The molecular formula is C14H22FO2P. The van der Waals surface area contributed by atoms with E-state index in [1.54, 1.807) is 12.1 Å². The first-order chi connectivity index (χ1) is 8.59. The van der Waals surface area contributed by atoms with Crippen molar-refractivity contribution in [3.05, 3.63) is 30.1 Å². The maximum Gasteiger partial charge on any atom is 0.247 e. The Labute approximate surface area is 109 Å². The summed E-state index contributed by atoms with van der Waals surface area (Å²) in [6.07, 6.45) is 4.91. The number of hydrogen-bond acceptors (Lipinski definition) is 2. The Balaban J connectivity index is 2.73. The maximum atomic E-state index is 13.1. The van der Waals surface area contributed by atoms with Crippen molar-refractivity contribution in [3.63, 3.8) is 0 Å². The van der Waals surface area contributed by atoms with E-state index >= 15 is 0 Å². The average Bonchev–Trinajstić information content (AvgIpc) is 2.34. The highest BCUT2D eigenvalue weighted by molar-refractivity contribution is 7.59. The van der Waals surface area contributed by atoms with Crippen LogP contribution >= 0.6 is 7.37 Å². The summed E-state index contributed by atoms with van der Waals surface area (Å²) in [4.78, 5) is 0. The topological polar surface area (TPSA) is 26.3 Å². The normalized spacial score (nSPS) is 11.5. The Kier molecular flexibility index (Phi) is 6.42. The van der Waals surface area contributed by atoms with Crippen LogP contribution in [0.15, 0.2) is 24.3 Å². The minimum atomic E-state index is -2.66. The lowest BCUT2D eigenvalue weighted by Crippen LogP contribution is -2.03. The molecule has 18 heavy (non-hydrogen) atoms. The molecule has 0 aliphatic heterocycles. The summed E-state index contributed by atoms with van der Waals surface area (Å²) < 4.78 is 31.3. The highest BCUT2D eigenvalue weighted by Crippen LogP contribution is 2.48. The van der Waals surface area contributed by atoms with Gasteiger partial charge in [-0.05, 0) is 25.0 Å². The summed E-state index contributed by atoms with van der Waals surface area (Å²) in [7, 11) is -2.66. The van der Waals surface area contributed by atoms with E-state index < -0.39 is 7.37 Å². The number of hydrogen-bond donors (Lipinski definition) is 0. The molecule has 0 radical (unpaired) electrons. The van der Waals surface area contributed by atoms with E-state index in [9.17, 15) is 8.96 Å². The van der Waals surface area contributed by atoms with Gasteiger partial charge < -0.3 is 4.52 Å². The van der Waals surface area contributed by atoms with Crippen molar-refractivity contribution >= 4 is 7.37 Å². The van der Waals surface area contributed by atoms with Crippen LogP contribution in [0.25, 0.3) is 0 Å².